The van der Waals surface area contributed by atoms with E-state index >= 15 is 0 Å². The fourth-order valence-electron chi connectivity index (χ4n) is 10.5. The zero-order valence-electron chi connectivity index (χ0n) is 56.2. The standard InChI is InChI=1S/C32H35N9O10S2.C32H32N8O11S2/c1-32(2,30(49)50)51-39-23(19-13-53-31(34)38-19)22(44)9-17-27(46)41-24(29(47)48)16(12-52-28(17)41)10-40-11-18(25(33)37-14-40)35-6-3-7-36-26(45)15-4-5-20(42)21(43)8-15;1-32(2,30(49)50)51-38-24(18-12-53-31(34)37-18)22(44)8-16-27(46)40-25(29(47)48)15(11-52-28(16)40)9-39-10-17(26(33)35-13-39)36-23(45)6-5-19(41)14-3-4-20(42)21(43)7-14/h4-5,8,11,13-14,17,28,33,35H,3,6-7,9-10,12H2,1-2H3,(H7,34,36,38,39,42,43,44,45,47,48,49,50);3-4,7,10,12-13,16,28,33H,5-6,8-9,11H2,1-2H3,(H7,34,36,37,38,41,42,43,44,45,47,48,49,50)/t17-,28?;16-,28?/m11/s1. The molecule has 106 heavy (non-hydrogen) atoms. The summed E-state index contributed by atoms with van der Waals surface area (Å²) in [6.45, 7) is 5.49. The van der Waals surface area contributed by atoms with Gasteiger partial charge in [-0.15, -0.1) is 46.2 Å². The third-order valence-electron chi connectivity index (χ3n) is 16.3. The van der Waals surface area contributed by atoms with Crippen molar-refractivity contribution in [3.05, 3.63) is 117 Å². The smallest absolute Gasteiger partial charge is 0.350 e. The van der Waals surface area contributed by atoms with Crippen LogP contribution < -0.4 is 58.2 Å². The monoisotopic (exact) mass is 1540 g/mol. The van der Waals surface area contributed by atoms with Crippen LogP contribution in [0.25, 0.3) is 0 Å². The predicted octanol–water partition coefficient (Wildman–Crippen LogP) is -0.807. The molecule has 0 aliphatic carbocycles. The second-order valence-corrected chi connectivity index (χ2v) is 28.7. The Morgan fingerprint density at radius 2 is 1.08 bits per heavy atom. The number of carbonyl (C=O) groups is 11. The minimum atomic E-state index is -1.80. The van der Waals surface area contributed by atoms with Crippen LogP contribution in [0.3, 0.4) is 0 Å². The summed E-state index contributed by atoms with van der Waals surface area (Å²) in [6, 6.07) is 7.28. The van der Waals surface area contributed by atoms with E-state index in [9.17, 15) is 93.6 Å². The maximum absolute atomic E-state index is 13.4. The van der Waals surface area contributed by atoms with Crippen LogP contribution in [-0.2, 0) is 65.9 Å². The Bertz CT molecular complexity index is 4710. The van der Waals surface area contributed by atoms with Crippen LogP contribution in [0.4, 0.5) is 33.3 Å². The van der Waals surface area contributed by atoms with Crippen molar-refractivity contribution in [2.45, 2.75) is 94.8 Å². The molecule has 38 nitrogen and oxygen atoms in total. The van der Waals surface area contributed by atoms with Gasteiger partial charge in [0.1, 0.15) is 42.6 Å². The quantitative estimate of drug-likeness (QED) is 0.00482. The summed E-state index contributed by atoms with van der Waals surface area (Å²) in [4.78, 5) is 168. The number of phenols is 4. The number of β-lactam (4-membered cyclic amide) rings is 2. The maximum Gasteiger partial charge on any atom is 0.350 e. The van der Waals surface area contributed by atoms with Gasteiger partial charge in [0.25, 0.3) is 30.2 Å². The number of carboxylic acids is 4. The summed E-state index contributed by atoms with van der Waals surface area (Å²) in [5, 5.41) is 99.2. The van der Waals surface area contributed by atoms with Gasteiger partial charge in [-0.3, -0.25) is 43.4 Å². The number of hydrogen-bond acceptors (Lipinski definition) is 34. The Labute approximate surface area is 615 Å². The van der Waals surface area contributed by atoms with Gasteiger partial charge in [0.2, 0.25) is 28.9 Å². The molecule has 6 aromatic rings. The Morgan fingerprint density at radius 1 is 0.632 bits per heavy atom. The van der Waals surface area contributed by atoms with E-state index in [-0.39, 0.29) is 135 Å². The fraction of sp³-hybridized carbons (Fsp3) is 0.328. The van der Waals surface area contributed by atoms with E-state index in [1.165, 1.54) is 104 Å². The summed E-state index contributed by atoms with van der Waals surface area (Å²) in [7, 11) is 0. The molecule has 0 radical (unpaired) electrons. The number of anilines is 6. The van der Waals surface area contributed by atoms with Gasteiger partial charge in [0.05, 0.1) is 45.9 Å². The molecule has 0 saturated carbocycles. The van der Waals surface area contributed by atoms with Gasteiger partial charge in [-0.1, -0.05) is 10.3 Å². The number of nitrogens with two attached hydrogens (primary N) is 4. The number of amides is 4. The van der Waals surface area contributed by atoms with Gasteiger partial charge in [-0.25, -0.2) is 28.7 Å². The molecule has 0 bridgehead atoms. The van der Waals surface area contributed by atoms with Crippen LogP contribution in [0.1, 0.15) is 91.9 Å². The summed E-state index contributed by atoms with van der Waals surface area (Å²) in [5.41, 5.74) is 19.9. The molecule has 0 spiro atoms. The number of fused-ring (bicyclic) bond motifs is 2. The number of nitrogens with zero attached hydrogens (tertiary/aromatic N) is 10. The average molecular weight is 1540 g/mol. The Balaban J connectivity index is 0.000000245. The molecule has 4 amide bonds. The molecule has 4 aromatic heterocycles. The summed E-state index contributed by atoms with van der Waals surface area (Å²) in [5.74, 6) is -13.1. The molecule has 4 aliphatic heterocycles. The normalized spacial score (nSPS) is 17.1. The van der Waals surface area contributed by atoms with Gasteiger partial charge >= 0.3 is 11.9 Å². The molecule has 4 aliphatic rings. The van der Waals surface area contributed by atoms with Gasteiger partial charge < -0.3 is 99.0 Å². The van der Waals surface area contributed by atoms with Crippen LogP contribution in [0.5, 0.6) is 23.0 Å². The number of aromatic hydroxyl groups is 4. The number of Topliss-reactive ketones (excluding diaryl/α,β-unsaturated/α-hetero) is 3. The lowest BCUT2D eigenvalue weighted by Crippen LogP contribution is -2.63. The first-order chi connectivity index (χ1) is 50.0. The number of oxime groups is 2. The highest BCUT2D eigenvalue weighted by atomic mass is 32.2. The molecule has 42 heteroatoms. The lowest BCUT2D eigenvalue weighted by Gasteiger charge is -2.50. The number of nitrogen functional groups attached to an aromatic ring is 4. The Hall–Kier alpha value is -12.1. The van der Waals surface area contributed by atoms with Crippen molar-refractivity contribution in [3.63, 3.8) is 0 Å². The third-order valence-corrected chi connectivity index (χ3v) is 20.4. The zero-order valence-corrected chi connectivity index (χ0v) is 59.5. The number of benzene rings is 2. The minimum absolute atomic E-state index is 0.0182. The second kappa shape index (κ2) is 32.7. The number of carbonyl (C=O) groups excluding carboxylic acids is 9. The van der Waals surface area contributed by atoms with Crippen molar-refractivity contribution in [1.29, 1.82) is 0 Å². The minimum Gasteiger partial charge on any atom is -0.543 e. The van der Waals surface area contributed by atoms with Gasteiger partial charge in [0, 0.05) is 83.3 Å². The number of hydrogen-bond donors (Lipinski definition) is 13. The zero-order chi connectivity index (χ0) is 77.4. The third kappa shape index (κ3) is 18.1. The van der Waals surface area contributed by atoms with Crippen LogP contribution in [0.15, 0.2) is 105 Å². The van der Waals surface area contributed by atoms with Crippen LogP contribution in [0.2, 0.25) is 0 Å². The first-order valence-electron chi connectivity index (χ1n) is 31.5. The van der Waals surface area contributed by atoms with E-state index in [1.54, 1.807) is 10.8 Å². The fourth-order valence-corrected chi connectivity index (χ4v) is 14.4. The molecule has 558 valence electrons. The highest BCUT2D eigenvalue weighted by molar-refractivity contribution is 8.00. The molecule has 17 N–H and O–H groups in total. The van der Waals surface area contributed by atoms with Crippen molar-refractivity contribution >= 4 is 156 Å². The number of rotatable bonds is 31. The topological polar surface area (TPSA) is 604 Å². The Morgan fingerprint density at radius 3 is 1.51 bits per heavy atom. The van der Waals surface area contributed by atoms with E-state index in [1.807, 2.05) is 0 Å². The van der Waals surface area contributed by atoms with E-state index in [0.29, 0.717) is 24.2 Å². The predicted molar refractivity (Wildman–Crippen MR) is 373 cm³/mol. The summed E-state index contributed by atoms with van der Waals surface area (Å²) in [6.07, 6.45) is 4.91. The number of phenolic OH excluding ortho intramolecular Hbond substituents is 4. The molecule has 4 atom stereocenters. The number of carboxylic acid groups (broad SMARTS) is 4. The average Bonchev–Trinajstić information content (AvgIpc) is 0.792. The number of ketones is 3. The van der Waals surface area contributed by atoms with Gasteiger partial charge in [0.15, 0.2) is 67.7 Å². The summed E-state index contributed by atoms with van der Waals surface area (Å²) < 4.78 is 3.02. The lowest BCUT2D eigenvalue weighted by molar-refractivity contribution is -0.691. The van der Waals surface area contributed by atoms with E-state index in [4.69, 9.17) is 32.6 Å². The van der Waals surface area contributed by atoms with Crippen LogP contribution in [-0.4, -0.2) is 183 Å². The van der Waals surface area contributed by atoms with Crippen molar-refractivity contribution in [1.82, 2.24) is 35.1 Å². The van der Waals surface area contributed by atoms with Crippen LogP contribution >= 0.6 is 46.2 Å². The maximum atomic E-state index is 13.4. The number of thiazole rings is 2. The van der Waals surface area contributed by atoms with Crippen molar-refractivity contribution < 1.29 is 112 Å². The first kappa shape index (κ1) is 78.1. The van der Waals surface area contributed by atoms with E-state index in [2.05, 4.69) is 46.2 Å². The molecular formula is C64H67N17O21S4. The highest BCUT2D eigenvalue weighted by Crippen LogP contribution is 2.47. The van der Waals surface area contributed by atoms with Crippen molar-refractivity contribution in [2.75, 3.05) is 58.2 Å². The molecule has 10 rings (SSSR count). The van der Waals surface area contributed by atoms with Crippen molar-refractivity contribution in [3.8, 4) is 23.0 Å². The number of thioether (sulfide) groups is 2. The van der Waals surface area contributed by atoms with Gasteiger partial charge in [-0.2, -0.15) is 0 Å². The molecule has 2 saturated heterocycles. The molecular weight excluding hydrogens is 1470 g/mol. The number of aliphatic carboxylic acids is 4. The summed E-state index contributed by atoms with van der Waals surface area (Å²) >= 11 is 4.49. The first-order valence-corrected chi connectivity index (χ1v) is 35.3. The largest absolute Gasteiger partial charge is 0.543 e. The molecule has 2 unspecified atom stereocenters. The van der Waals surface area contributed by atoms with E-state index < -0.39 is 122 Å². The van der Waals surface area contributed by atoms with Crippen molar-refractivity contribution in [2.24, 2.45) is 22.1 Å². The van der Waals surface area contributed by atoms with Gasteiger partial charge in [-0.05, 0) is 80.5 Å². The molecule has 2 aromatic carbocycles. The molecule has 8 heterocycles. The Kier molecular flexibility index (Phi) is 24.1. The van der Waals surface area contributed by atoms with Crippen LogP contribution in [0, 0.1) is 11.8 Å². The second-order valence-electron chi connectivity index (χ2n) is 24.7. The van der Waals surface area contributed by atoms with E-state index in [0.717, 1.165) is 50.7 Å². The lowest BCUT2D eigenvalue weighted by atomic mass is 9.89. The highest BCUT2D eigenvalue weighted by Gasteiger charge is 2.55. The SMILES string of the molecule is CC(C)(O/N=C(\C(=O)C[C@@H]1C(=O)N2C(C(=O)[O-])=C(C[n+]3cnc(N)c(NC(=O)CCC(=O)c4ccc(O)c(O)c4)c3)CSC12)c1csc(N)n1)C(=O)O.CC(C)(O/N=C(\C(=O)C[C@@H]1C(=O)N2C(C(=O)[O-])=C(C[n+]3cnc(N)c(NCCCNC(=O)c4ccc(O)c(O)c4)c3)CSC12)c1csc(N)n1)C(=O)O. The molecule has 2 fully saturated rings. The number of aromatic nitrogens is 6. The number of nitrogens with one attached hydrogen (secondary N) is 3.